The van der Waals surface area contributed by atoms with Gasteiger partial charge in [-0.2, -0.15) is 0 Å². The normalized spacial score (nSPS) is 15.8. The summed E-state index contributed by atoms with van der Waals surface area (Å²) in [5, 5.41) is 0. The molecule has 2 heteroatoms. The van der Waals surface area contributed by atoms with Gasteiger partial charge in [-0.25, -0.2) is 0 Å². The van der Waals surface area contributed by atoms with Gasteiger partial charge in [-0.3, -0.25) is 0 Å². The van der Waals surface area contributed by atoms with Gasteiger partial charge in [0.25, 0.3) is 0 Å². The topological polar surface area (TPSA) is 26.0 Å². The number of benzene rings is 1. The molecule has 21 heavy (non-hydrogen) atoms. The second kappa shape index (κ2) is 6.33. The lowest BCUT2D eigenvalue weighted by Crippen LogP contribution is -2.13. The Morgan fingerprint density at radius 1 is 1.10 bits per heavy atom. The summed E-state index contributed by atoms with van der Waals surface area (Å²) in [6.45, 7) is 4.43. The van der Waals surface area contributed by atoms with Gasteiger partial charge in [0.2, 0.25) is 0 Å². The highest BCUT2D eigenvalue weighted by Gasteiger charge is 2.19. The summed E-state index contributed by atoms with van der Waals surface area (Å²) < 4.78 is 0. The first kappa shape index (κ1) is 14.8. The fourth-order valence-corrected chi connectivity index (χ4v) is 4.57. The predicted octanol–water partition coefficient (Wildman–Crippen LogP) is 4.80. The minimum absolute atomic E-state index is 0.0436. The molecule has 1 heterocycles. The van der Waals surface area contributed by atoms with E-state index in [0.29, 0.717) is 0 Å². The molecule has 1 aromatic carbocycles. The molecule has 3 rings (SSSR count). The molecule has 1 aromatic heterocycles. The Labute approximate surface area is 132 Å². The van der Waals surface area contributed by atoms with Crippen LogP contribution in [0.3, 0.4) is 0 Å². The molecule has 0 fully saturated rings. The van der Waals surface area contributed by atoms with E-state index < -0.39 is 0 Å². The molecule has 0 radical (unpaired) electrons. The second-order valence-corrected chi connectivity index (χ2v) is 7.19. The van der Waals surface area contributed by atoms with Gasteiger partial charge in [0.1, 0.15) is 0 Å². The van der Waals surface area contributed by atoms with Gasteiger partial charge in [-0.1, -0.05) is 32.0 Å². The summed E-state index contributed by atoms with van der Waals surface area (Å²) in [6, 6.07) is 9.25. The summed E-state index contributed by atoms with van der Waals surface area (Å²) in [4.78, 5) is 2.93. The molecule has 2 aromatic rings. The zero-order valence-corrected chi connectivity index (χ0v) is 13.9. The van der Waals surface area contributed by atoms with E-state index in [1.54, 1.807) is 10.4 Å². The van der Waals surface area contributed by atoms with Crippen molar-refractivity contribution in [2.24, 2.45) is 5.73 Å². The minimum atomic E-state index is 0.0436. The summed E-state index contributed by atoms with van der Waals surface area (Å²) >= 11 is 1.95. The largest absolute Gasteiger partial charge is 0.320 e. The van der Waals surface area contributed by atoms with Crippen LogP contribution in [0.4, 0.5) is 0 Å². The Bertz CT molecular complexity index is 603. The van der Waals surface area contributed by atoms with Gasteiger partial charge in [0, 0.05) is 9.75 Å². The van der Waals surface area contributed by atoms with Crippen LogP contribution < -0.4 is 5.73 Å². The lowest BCUT2D eigenvalue weighted by molar-refractivity contribution is 0.696. The quantitative estimate of drug-likeness (QED) is 0.862. The summed E-state index contributed by atoms with van der Waals surface area (Å²) in [6.07, 6.45) is 7.30. The molecule has 2 N–H and O–H groups in total. The molecular formula is C19H25NS. The first-order valence-electron chi connectivity index (χ1n) is 8.21. The highest BCUT2D eigenvalue weighted by molar-refractivity contribution is 7.12. The maximum atomic E-state index is 6.64. The summed E-state index contributed by atoms with van der Waals surface area (Å²) in [5.41, 5.74) is 12.3. The van der Waals surface area contributed by atoms with Crippen molar-refractivity contribution < 1.29 is 0 Å². The van der Waals surface area contributed by atoms with E-state index in [4.69, 9.17) is 5.73 Å². The number of hydrogen-bond acceptors (Lipinski definition) is 2. The van der Waals surface area contributed by atoms with E-state index in [-0.39, 0.29) is 6.04 Å². The van der Waals surface area contributed by atoms with Crippen molar-refractivity contribution >= 4 is 11.3 Å². The fourth-order valence-electron chi connectivity index (χ4n) is 3.30. The van der Waals surface area contributed by atoms with Crippen LogP contribution in [0, 0.1) is 0 Å². The molecule has 0 spiro atoms. The standard InChI is InChI=1S/C19H25NS/c1-3-13-9-10-14(4-2)16(11-13)19(20)18-12-15-7-5-6-8-17(15)21-18/h9-12,19H,3-8,20H2,1-2H3. The number of thiophene rings is 1. The lowest BCUT2D eigenvalue weighted by Gasteiger charge is -2.16. The third kappa shape index (κ3) is 2.93. The molecule has 112 valence electrons. The molecular weight excluding hydrogens is 274 g/mol. The summed E-state index contributed by atoms with van der Waals surface area (Å²) in [5.74, 6) is 0. The van der Waals surface area contributed by atoms with E-state index in [9.17, 15) is 0 Å². The molecule has 1 atom stereocenters. The average molecular weight is 299 g/mol. The first-order chi connectivity index (χ1) is 10.2. The van der Waals surface area contributed by atoms with Gasteiger partial charge >= 0.3 is 0 Å². The Balaban J connectivity index is 1.97. The monoisotopic (exact) mass is 299 g/mol. The van der Waals surface area contributed by atoms with Crippen LogP contribution in [-0.2, 0) is 25.7 Å². The van der Waals surface area contributed by atoms with Gasteiger partial charge < -0.3 is 5.73 Å². The third-order valence-corrected chi connectivity index (χ3v) is 5.98. The van der Waals surface area contributed by atoms with Crippen molar-refractivity contribution in [2.45, 2.75) is 58.4 Å². The molecule has 0 amide bonds. The molecule has 1 unspecified atom stereocenters. The lowest BCUT2D eigenvalue weighted by atomic mass is 9.94. The Morgan fingerprint density at radius 2 is 1.90 bits per heavy atom. The van der Waals surface area contributed by atoms with Crippen molar-refractivity contribution in [2.75, 3.05) is 0 Å². The molecule has 0 saturated carbocycles. The minimum Gasteiger partial charge on any atom is -0.320 e. The van der Waals surface area contributed by atoms with E-state index in [1.807, 2.05) is 11.3 Å². The third-order valence-electron chi connectivity index (χ3n) is 4.66. The van der Waals surface area contributed by atoms with Crippen LogP contribution >= 0.6 is 11.3 Å². The van der Waals surface area contributed by atoms with E-state index in [1.165, 1.54) is 47.3 Å². The van der Waals surface area contributed by atoms with Crippen LogP contribution in [0.25, 0.3) is 0 Å². The molecule has 0 saturated heterocycles. The number of nitrogens with two attached hydrogens (primary N) is 1. The van der Waals surface area contributed by atoms with Gasteiger partial charge in [-0.05, 0) is 66.8 Å². The highest BCUT2D eigenvalue weighted by atomic mass is 32.1. The van der Waals surface area contributed by atoms with Crippen LogP contribution in [0.15, 0.2) is 24.3 Å². The zero-order chi connectivity index (χ0) is 14.8. The highest BCUT2D eigenvalue weighted by Crippen LogP contribution is 2.35. The average Bonchev–Trinajstić information content (AvgIpc) is 2.97. The molecule has 1 nitrogen and oxygen atoms in total. The zero-order valence-electron chi connectivity index (χ0n) is 13.1. The van der Waals surface area contributed by atoms with Crippen molar-refractivity contribution in [1.82, 2.24) is 0 Å². The van der Waals surface area contributed by atoms with E-state index in [0.717, 1.165) is 12.8 Å². The smallest absolute Gasteiger partial charge is 0.0648 e. The van der Waals surface area contributed by atoms with Gasteiger partial charge in [0.05, 0.1) is 6.04 Å². The van der Waals surface area contributed by atoms with Crippen molar-refractivity contribution in [3.05, 3.63) is 56.3 Å². The predicted molar refractivity (Wildman–Crippen MR) is 92.2 cm³/mol. The van der Waals surface area contributed by atoms with Crippen LogP contribution in [0.5, 0.6) is 0 Å². The maximum absolute atomic E-state index is 6.64. The molecule has 0 aliphatic heterocycles. The van der Waals surface area contributed by atoms with Crippen molar-refractivity contribution in [3.8, 4) is 0 Å². The number of aryl methyl sites for hydroxylation is 4. The van der Waals surface area contributed by atoms with E-state index in [2.05, 4.69) is 38.1 Å². The van der Waals surface area contributed by atoms with Crippen molar-refractivity contribution in [1.29, 1.82) is 0 Å². The van der Waals surface area contributed by atoms with Crippen LogP contribution in [0.2, 0.25) is 0 Å². The molecule has 0 bridgehead atoms. The van der Waals surface area contributed by atoms with Crippen LogP contribution in [-0.4, -0.2) is 0 Å². The van der Waals surface area contributed by atoms with Gasteiger partial charge in [-0.15, -0.1) is 11.3 Å². The Morgan fingerprint density at radius 3 is 2.62 bits per heavy atom. The summed E-state index contributed by atoms with van der Waals surface area (Å²) in [7, 11) is 0. The Kier molecular flexibility index (Phi) is 4.46. The second-order valence-electron chi connectivity index (χ2n) is 6.02. The van der Waals surface area contributed by atoms with Gasteiger partial charge in [0.15, 0.2) is 0 Å². The number of rotatable bonds is 4. The van der Waals surface area contributed by atoms with Crippen LogP contribution in [0.1, 0.15) is 64.7 Å². The first-order valence-corrected chi connectivity index (χ1v) is 9.03. The SMILES string of the molecule is CCc1ccc(CC)c(C(N)c2cc3c(s2)CCCC3)c1. The fraction of sp³-hybridized carbons (Fsp3) is 0.474. The van der Waals surface area contributed by atoms with Crippen molar-refractivity contribution in [3.63, 3.8) is 0 Å². The maximum Gasteiger partial charge on any atom is 0.0648 e. The molecule has 1 aliphatic rings. The van der Waals surface area contributed by atoms with E-state index >= 15 is 0 Å². The molecule has 1 aliphatic carbocycles. The Hall–Kier alpha value is -1.12. The number of hydrogen-bond donors (Lipinski definition) is 1. The number of fused-ring (bicyclic) bond motifs is 1.